The lowest BCUT2D eigenvalue weighted by Crippen LogP contribution is -2.61. The number of carbonyl (C=O) groups is 1. The van der Waals surface area contributed by atoms with Crippen LogP contribution in [0.25, 0.3) is 0 Å². The van der Waals surface area contributed by atoms with E-state index in [0.717, 1.165) is 25.7 Å². The Morgan fingerprint density at radius 1 is 1.09 bits per heavy atom. The number of amides is 1. The van der Waals surface area contributed by atoms with Crippen molar-refractivity contribution in [1.82, 2.24) is 5.32 Å². The Morgan fingerprint density at radius 2 is 1.82 bits per heavy atom. The van der Waals surface area contributed by atoms with Crippen LogP contribution in [-0.4, -0.2) is 53.6 Å². The number of fused-ring (bicyclic) bond motifs is 5. The van der Waals surface area contributed by atoms with E-state index in [1.165, 1.54) is 25.7 Å². The first kappa shape index (κ1) is 26.4. The summed E-state index contributed by atoms with van der Waals surface area (Å²) in [4.78, 5) is 12.2. The van der Waals surface area contributed by atoms with Crippen molar-refractivity contribution in [3.8, 4) is 0 Å². The Balaban J connectivity index is 1.43. The highest BCUT2D eigenvalue weighted by molar-refractivity contribution is 7.85. The molecule has 4 fully saturated rings. The third-order valence-electron chi connectivity index (χ3n) is 11.0. The van der Waals surface area contributed by atoms with E-state index in [0.29, 0.717) is 36.5 Å². The molecule has 4 saturated carbocycles. The Kier molecular flexibility index (Phi) is 7.47. The Morgan fingerprint density at radius 3 is 2.53 bits per heavy atom. The molecule has 0 aromatic rings. The summed E-state index contributed by atoms with van der Waals surface area (Å²) in [6.45, 7) is 6.75. The molecule has 10 atom stereocenters. The minimum Gasteiger partial charge on any atom is -0.393 e. The van der Waals surface area contributed by atoms with E-state index in [4.69, 9.17) is 4.55 Å². The van der Waals surface area contributed by atoms with Crippen LogP contribution in [0.2, 0.25) is 0 Å². The van der Waals surface area contributed by atoms with E-state index in [2.05, 4.69) is 26.1 Å². The highest BCUT2D eigenvalue weighted by Gasteiger charge is 2.65. The largest absolute Gasteiger partial charge is 0.393 e. The zero-order valence-corrected chi connectivity index (χ0v) is 21.9. The molecular formula is C26H45NO6S. The first-order chi connectivity index (χ1) is 15.9. The molecule has 0 radical (unpaired) electrons. The van der Waals surface area contributed by atoms with Gasteiger partial charge in [0.25, 0.3) is 10.1 Å². The molecule has 4 rings (SSSR count). The van der Waals surface area contributed by atoms with Crippen LogP contribution in [0.15, 0.2) is 0 Å². The van der Waals surface area contributed by atoms with Crippen LogP contribution in [0.4, 0.5) is 0 Å². The first-order valence-corrected chi connectivity index (χ1v) is 15.1. The van der Waals surface area contributed by atoms with Gasteiger partial charge in [-0.2, -0.15) is 8.42 Å². The molecule has 4 aliphatic rings. The number of nitrogens with one attached hydrogen (secondary N) is 1. The molecule has 8 heteroatoms. The Bertz CT molecular complexity index is 863. The van der Waals surface area contributed by atoms with Crippen molar-refractivity contribution in [2.75, 3.05) is 12.3 Å². The molecule has 4 unspecified atom stereocenters. The van der Waals surface area contributed by atoms with Crippen molar-refractivity contribution in [3.63, 3.8) is 0 Å². The SMILES string of the molecule is C[C@H](CCC(=O)NCCS(=O)(=O)O)[C@H]1CCC2C3C(O)C[C@@H]4CCCC[C@]4(C)C3C[C@H](O)[C@@]21C. The summed E-state index contributed by atoms with van der Waals surface area (Å²) in [5, 5.41) is 25.5. The van der Waals surface area contributed by atoms with Crippen LogP contribution in [-0.2, 0) is 14.9 Å². The maximum atomic E-state index is 12.2. The summed E-state index contributed by atoms with van der Waals surface area (Å²) in [5.74, 6) is 1.38. The van der Waals surface area contributed by atoms with Crippen molar-refractivity contribution < 1.29 is 28.0 Å². The number of carbonyl (C=O) groups excluding carboxylic acids is 1. The normalized spacial score (nSPS) is 45.1. The number of hydrogen-bond donors (Lipinski definition) is 4. The smallest absolute Gasteiger partial charge is 0.266 e. The zero-order valence-electron chi connectivity index (χ0n) is 21.1. The van der Waals surface area contributed by atoms with Crippen LogP contribution in [0.3, 0.4) is 0 Å². The standard InChI is InChI=1S/C26H45NO6S/c1-16(7-10-23(30)27-12-13-34(31,32)33)18-8-9-19-24-20(15-22(29)26(18,19)3)25(2)11-5-4-6-17(25)14-21(24)28/h16-22,24,28-29H,4-15H2,1-3H3,(H,27,30)(H,31,32,33)/t16-,17+,18-,19?,20?,21?,22+,24?,25+,26-/m1/s1. The van der Waals surface area contributed by atoms with Crippen LogP contribution < -0.4 is 5.32 Å². The summed E-state index contributed by atoms with van der Waals surface area (Å²) in [6.07, 6.45) is 8.99. The second kappa shape index (κ2) is 9.64. The van der Waals surface area contributed by atoms with Crippen molar-refractivity contribution in [1.29, 1.82) is 0 Å². The van der Waals surface area contributed by atoms with E-state index in [-0.39, 0.29) is 47.3 Å². The molecule has 0 aliphatic heterocycles. The average Bonchev–Trinajstić information content (AvgIpc) is 3.11. The van der Waals surface area contributed by atoms with Gasteiger partial charge >= 0.3 is 0 Å². The summed E-state index contributed by atoms with van der Waals surface area (Å²) in [7, 11) is -4.08. The first-order valence-electron chi connectivity index (χ1n) is 13.5. The van der Waals surface area contributed by atoms with Gasteiger partial charge in [0.05, 0.1) is 18.0 Å². The number of aliphatic hydroxyl groups excluding tert-OH is 2. The van der Waals surface area contributed by atoms with Crippen LogP contribution >= 0.6 is 0 Å². The maximum absolute atomic E-state index is 12.2. The molecule has 7 nitrogen and oxygen atoms in total. The predicted octanol–water partition coefficient (Wildman–Crippen LogP) is 3.40. The highest BCUT2D eigenvalue weighted by atomic mass is 32.2. The van der Waals surface area contributed by atoms with E-state index >= 15 is 0 Å². The molecule has 0 aromatic heterocycles. The second-order valence-electron chi connectivity index (χ2n) is 12.5. The van der Waals surface area contributed by atoms with Crippen LogP contribution in [0, 0.1) is 46.3 Å². The molecule has 4 N–H and O–H groups in total. The second-order valence-corrected chi connectivity index (χ2v) is 14.1. The molecule has 1 amide bonds. The predicted molar refractivity (Wildman–Crippen MR) is 130 cm³/mol. The lowest BCUT2D eigenvalue weighted by Gasteiger charge is -2.63. The van der Waals surface area contributed by atoms with Gasteiger partial charge in [-0.1, -0.05) is 33.6 Å². The van der Waals surface area contributed by atoms with Gasteiger partial charge in [0.1, 0.15) is 0 Å². The maximum Gasteiger partial charge on any atom is 0.266 e. The van der Waals surface area contributed by atoms with E-state index in [1.807, 2.05) is 0 Å². The van der Waals surface area contributed by atoms with Gasteiger partial charge in [-0.25, -0.2) is 0 Å². The van der Waals surface area contributed by atoms with Gasteiger partial charge in [0, 0.05) is 13.0 Å². The minimum atomic E-state index is -4.08. The summed E-state index contributed by atoms with van der Waals surface area (Å²) < 4.78 is 30.5. The number of rotatable bonds is 7. The Hall–Kier alpha value is -0.700. The molecule has 0 saturated heterocycles. The minimum absolute atomic E-state index is 0.0886. The molecule has 0 spiro atoms. The fraction of sp³-hybridized carbons (Fsp3) is 0.962. The molecule has 34 heavy (non-hydrogen) atoms. The highest BCUT2D eigenvalue weighted by Crippen LogP contribution is 2.68. The lowest BCUT2D eigenvalue weighted by molar-refractivity contribution is -0.201. The van der Waals surface area contributed by atoms with Crippen LogP contribution in [0.5, 0.6) is 0 Å². The van der Waals surface area contributed by atoms with E-state index in [1.54, 1.807) is 0 Å². The summed E-state index contributed by atoms with van der Waals surface area (Å²) in [6, 6.07) is 0. The van der Waals surface area contributed by atoms with Gasteiger partial charge in [0.15, 0.2) is 0 Å². The van der Waals surface area contributed by atoms with Gasteiger partial charge in [-0.3, -0.25) is 9.35 Å². The number of aliphatic hydroxyl groups is 2. The third kappa shape index (κ3) is 4.69. The molecule has 0 bridgehead atoms. The monoisotopic (exact) mass is 499 g/mol. The zero-order chi connectivity index (χ0) is 24.9. The molecule has 4 aliphatic carbocycles. The number of hydrogen-bond acceptors (Lipinski definition) is 5. The van der Waals surface area contributed by atoms with Crippen molar-refractivity contribution in [2.24, 2.45) is 46.3 Å². The fourth-order valence-electron chi connectivity index (χ4n) is 9.15. The van der Waals surface area contributed by atoms with Crippen LogP contribution in [0.1, 0.15) is 85.0 Å². The molecule has 196 valence electrons. The van der Waals surface area contributed by atoms with E-state index < -0.39 is 15.9 Å². The third-order valence-corrected chi connectivity index (χ3v) is 11.7. The van der Waals surface area contributed by atoms with Crippen molar-refractivity contribution in [2.45, 2.75) is 97.2 Å². The summed E-state index contributed by atoms with van der Waals surface area (Å²) in [5.41, 5.74) is -0.0187. The molecular weight excluding hydrogens is 454 g/mol. The van der Waals surface area contributed by atoms with Crippen molar-refractivity contribution >= 4 is 16.0 Å². The Labute approximate surface area is 205 Å². The van der Waals surface area contributed by atoms with Gasteiger partial charge in [0.2, 0.25) is 5.91 Å². The quantitative estimate of drug-likeness (QED) is 0.398. The summed E-state index contributed by atoms with van der Waals surface area (Å²) >= 11 is 0. The molecule has 0 aromatic carbocycles. The average molecular weight is 500 g/mol. The lowest BCUT2D eigenvalue weighted by atomic mass is 9.43. The van der Waals surface area contributed by atoms with E-state index in [9.17, 15) is 23.4 Å². The molecule has 0 heterocycles. The topological polar surface area (TPSA) is 124 Å². The van der Waals surface area contributed by atoms with Gasteiger partial charge in [-0.05, 0) is 91.3 Å². The van der Waals surface area contributed by atoms with Gasteiger partial charge in [-0.15, -0.1) is 0 Å². The van der Waals surface area contributed by atoms with Gasteiger partial charge < -0.3 is 15.5 Å². The van der Waals surface area contributed by atoms with Crippen molar-refractivity contribution in [3.05, 3.63) is 0 Å². The fourth-order valence-corrected chi connectivity index (χ4v) is 9.51.